The molecule has 0 saturated heterocycles. The smallest absolute Gasteiger partial charge is 0.396 e. The molecular weight excluding hydrogens is 298 g/mol. The lowest BCUT2D eigenvalue weighted by atomic mass is 10.4. The Balaban J connectivity index is 2.41. The van der Waals surface area contributed by atoms with Crippen molar-refractivity contribution >= 4 is 23.6 Å². The summed E-state index contributed by atoms with van der Waals surface area (Å²) in [5.74, 6) is -1.03. The Bertz CT molecular complexity index is 466. The summed E-state index contributed by atoms with van der Waals surface area (Å²) in [6.07, 6.45) is 0.743. The molecule has 0 fully saturated rings. The fourth-order valence-electron chi connectivity index (χ4n) is 1.31. The van der Waals surface area contributed by atoms with Gasteiger partial charge in [-0.05, 0) is 20.3 Å². The summed E-state index contributed by atoms with van der Waals surface area (Å²) in [6, 6.07) is 0. The lowest BCUT2D eigenvalue weighted by Gasteiger charge is -2.09. The number of ether oxygens (including phenoxy) is 2. The molecule has 0 radical (unpaired) electrons. The Morgan fingerprint density at radius 1 is 1.43 bits per heavy atom. The number of rotatable bonds is 9. The summed E-state index contributed by atoms with van der Waals surface area (Å²) in [6.45, 7) is 4.75. The van der Waals surface area contributed by atoms with Crippen LogP contribution in [0.15, 0.2) is 9.64 Å². The second-order valence-electron chi connectivity index (χ2n) is 3.99. The molecule has 0 saturated carbocycles. The highest BCUT2D eigenvalue weighted by molar-refractivity contribution is 8.00. The summed E-state index contributed by atoms with van der Waals surface area (Å²) >= 11 is 1.08. The van der Waals surface area contributed by atoms with E-state index in [-0.39, 0.29) is 23.6 Å². The largest absolute Gasteiger partial charge is 0.459 e. The second-order valence-corrected chi connectivity index (χ2v) is 5.28. The average molecular weight is 317 g/mol. The number of carbonyl (C=O) groups is 2. The highest BCUT2D eigenvalue weighted by Crippen LogP contribution is 2.21. The van der Waals surface area contributed by atoms with Crippen LogP contribution in [0, 0.1) is 0 Å². The Hall–Kier alpha value is -1.61. The highest BCUT2D eigenvalue weighted by atomic mass is 32.2. The van der Waals surface area contributed by atoms with Crippen molar-refractivity contribution in [3.05, 3.63) is 5.89 Å². The van der Waals surface area contributed by atoms with Crippen LogP contribution in [-0.2, 0) is 14.3 Å². The third kappa shape index (κ3) is 6.13. The number of methoxy groups -OCH3 is 1. The van der Waals surface area contributed by atoms with Crippen molar-refractivity contribution in [2.45, 2.75) is 30.7 Å². The lowest BCUT2D eigenvalue weighted by Crippen LogP contribution is -2.32. The van der Waals surface area contributed by atoms with Crippen LogP contribution < -0.4 is 5.32 Å². The Morgan fingerprint density at radius 3 is 2.86 bits per heavy atom. The summed E-state index contributed by atoms with van der Waals surface area (Å²) in [4.78, 5) is 23.2. The summed E-state index contributed by atoms with van der Waals surface area (Å²) in [5, 5.41) is 9.77. The van der Waals surface area contributed by atoms with Crippen LogP contribution in [-0.4, -0.2) is 54.2 Å². The molecule has 1 atom stereocenters. The van der Waals surface area contributed by atoms with Crippen molar-refractivity contribution in [1.82, 2.24) is 15.5 Å². The van der Waals surface area contributed by atoms with Gasteiger partial charge in [-0.25, -0.2) is 4.79 Å². The predicted octanol–water partition coefficient (Wildman–Crippen LogP) is 0.880. The molecule has 118 valence electrons. The lowest BCUT2D eigenvalue weighted by molar-refractivity contribution is -0.120. The van der Waals surface area contributed by atoms with Gasteiger partial charge in [0.1, 0.15) is 0 Å². The van der Waals surface area contributed by atoms with E-state index in [1.807, 2.05) is 0 Å². The highest BCUT2D eigenvalue weighted by Gasteiger charge is 2.20. The number of hydrogen-bond donors (Lipinski definition) is 1. The van der Waals surface area contributed by atoms with Gasteiger partial charge >= 0.3 is 11.9 Å². The Kier molecular flexibility index (Phi) is 7.76. The van der Waals surface area contributed by atoms with Crippen LogP contribution in [0.2, 0.25) is 0 Å². The van der Waals surface area contributed by atoms with E-state index in [4.69, 9.17) is 13.9 Å². The van der Waals surface area contributed by atoms with E-state index in [1.165, 1.54) is 0 Å². The maximum Gasteiger partial charge on any atom is 0.396 e. The SMILES string of the molecule is CCOC(=O)c1nnc(SC(C)C(=O)NCCCOC)o1. The van der Waals surface area contributed by atoms with Gasteiger partial charge in [-0.2, -0.15) is 0 Å². The molecule has 1 amide bonds. The normalized spacial score (nSPS) is 12.0. The molecule has 21 heavy (non-hydrogen) atoms. The van der Waals surface area contributed by atoms with Gasteiger partial charge in [-0.1, -0.05) is 16.9 Å². The van der Waals surface area contributed by atoms with Crippen molar-refractivity contribution in [3.8, 4) is 0 Å². The number of esters is 1. The van der Waals surface area contributed by atoms with Gasteiger partial charge in [-0.15, -0.1) is 5.10 Å². The van der Waals surface area contributed by atoms with E-state index >= 15 is 0 Å². The average Bonchev–Trinajstić information content (AvgIpc) is 2.92. The quantitative estimate of drug-likeness (QED) is 0.407. The third-order valence-corrected chi connectivity index (χ3v) is 3.26. The second kappa shape index (κ2) is 9.35. The molecule has 1 unspecified atom stereocenters. The van der Waals surface area contributed by atoms with Crippen molar-refractivity contribution < 1.29 is 23.5 Å². The molecule has 0 bridgehead atoms. The van der Waals surface area contributed by atoms with Crippen molar-refractivity contribution in [3.63, 3.8) is 0 Å². The minimum Gasteiger partial charge on any atom is -0.459 e. The third-order valence-electron chi connectivity index (χ3n) is 2.33. The van der Waals surface area contributed by atoms with Crippen LogP contribution in [0.5, 0.6) is 0 Å². The monoisotopic (exact) mass is 317 g/mol. The molecular formula is C12H19N3O5S. The molecule has 1 heterocycles. The molecule has 9 heteroatoms. The molecule has 8 nitrogen and oxygen atoms in total. The number of carbonyl (C=O) groups excluding carboxylic acids is 2. The van der Waals surface area contributed by atoms with E-state index in [0.717, 1.165) is 18.2 Å². The van der Waals surface area contributed by atoms with E-state index in [0.29, 0.717) is 13.2 Å². The fraction of sp³-hybridized carbons (Fsp3) is 0.667. The van der Waals surface area contributed by atoms with E-state index in [9.17, 15) is 9.59 Å². The molecule has 1 N–H and O–H groups in total. The minimum absolute atomic E-state index is 0.146. The number of aromatic nitrogens is 2. The van der Waals surface area contributed by atoms with E-state index in [1.54, 1.807) is 21.0 Å². The molecule has 1 rings (SSSR count). The van der Waals surface area contributed by atoms with Crippen LogP contribution in [0.25, 0.3) is 0 Å². The molecule has 0 spiro atoms. The maximum absolute atomic E-state index is 11.8. The van der Waals surface area contributed by atoms with Crippen LogP contribution in [0.3, 0.4) is 0 Å². The molecule has 0 aliphatic carbocycles. The number of hydrogen-bond acceptors (Lipinski definition) is 8. The van der Waals surface area contributed by atoms with Crippen LogP contribution >= 0.6 is 11.8 Å². The molecule has 0 aromatic carbocycles. The van der Waals surface area contributed by atoms with Gasteiger partial charge in [0.05, 0.1) is 11.9 Å². The van der Waals surface area contributed by atoms with Crippen molar-refractivity contribution in [1.29, 1.82) is 0 Å². The van der Waals surface area contributed by atoms with Crippen molar-refractivity contribution in [2.75, 3.05) is 26.9 Å². The first kappa shape index (κ1) is 17.4. The molecule has 0 aliphatic heterocycles. The number of thioether (sulfide) groups is 1. The maximum atomic E-state index is 11.8. The zero-order valence-corrected chi connectivity index (χ0v) is 13.1. The first-order valence-corrected chi connectivity index (χ1v) is 7.40. The minimum atomic E-state index is -0.673. The number of nitrogens with one attached hydrogen (secondary N) is 1. The molecule has 0 aliphatic rings. The first-order chi connectivity index (χ1) is 10.1. The van der Waals surface area contributed by atoms with E-state index in [2.05, 4.69) is 15.5 Å². The van der Waals surface area contributed by atoms with Gasteiger partial charge in [0.25, 0.3) is 5.22 Å². The van der Waals surface area contributed by atoms with E-state index < -0.39 is 11.2 Å². The predicted molar refractivity (Wildman–Crippen MR) is 75.1 cm³/mol. The standard InChI is InChI=1S/C12H19N3O5S/c1-4-19-11(17)10-14-15-12(20-10)21-8(2)9(16)13-6-5-7-18-3/h8H,4-7H2,1-3H3,(H,13,16). The van der Waals surface area contributed by atoms with Crippen LogP contribution in [0.1, 0.15) is 31.0 Å². The fourth-order valence-corrected chi connectivity index (χ4v) is 2.02. The van der Waals surface area contributed by atoms with Gasteiger partial charge in [0, 0.05) is 20.3 Å². The van der Waals surface area contributed by atoms with Gasteiger partial charge in [0.2, 0.25) is 5.91 Å². The zero-order valence-electron chi connectivity index (χ0n) is 12.2. The first-order valence-electron chi connectivity index (χ1n) is 6.52. The zero-order chi connectivity index (χ0) is 15.7. The number of nitrogens with zero attached hydrogens (tertiary/aromatic N) is 2. The van der Waals surface area contributed by atoms with Gasteiger partial charge < -0.3 is 19.2 Å². The Morgan fingerprint density at radius 2 is 2.19 bits per heavy atom. The summed E-state index contributed by atoms with van der Waals surface area (Å²) in [5.41, 5.74) is 0. The van der Waals surface area contributed by atoms with Gasteiger partial charge in [-0.3, -0.25) is 4.79 Å². The van der Waals surface area contributed by atoms with Crippen LogP contribution in [0.4, 0.5) is 0 Å². The molecule has 1 aromatic heterocycles. The van der Waals surface area contributed by atoms with Crippen molar-refractivity contribution in [2.24, 2.45) is 0 Å². The van der Waals surface area contributed by atoms with Gasteiger partial charge in [0.15, 0.2) is 0 Å². The summed E-state index contributed by atoms with van der Waals surface area (Å²) in [7, 11) is 1.61. The summed E-state index contributed by atoms with van der Waals surface area (Å²) < 4.78 is 14.8. The molecule has 1 aromatic rings. The topological polar surface area (TPSA) is 104 Å². The number of amides is 1. The Labute approximate surface area is 127 Å².